The second kappa shape index (κ2) is 11.3. The number of sulfonamides is 1. The SMILES string of the molecule is CCCNCCNC(=O)c1cccc(S(=O)(=O)NCc2cccs2)c1.Cl. The maximum Gasteiger partial charge on any atom is 0.251 e. The summed E-state index contributed by atoms with van der Waals surface area (Å²) < 4.78 is 27.3. The van der Waals surface area contributed by atoms with Crippen molar-refractivity contribution < 1.29 is 13.2 Å². The lowest BCUT2D eigenvalue weighted by atomic mass is 10.2. The summed E-state index contributed by atoms with van der Waals surface area (Å²) in [7, 11) is -3.66. The molecule has 0 atom stereocenters. The number of nitrogens with one attached hydrogen (secondary N) is 3. The van der Waals surface area contributed by atoms with Gasteiger partial charge in [0.05, 0.1) is 4.90 Å². The van der Waals surface area contributed by atoms with Crippen LogP contribution in [0.4, 0.5) is 0 Å². The Balaban J connectivity index is 0.00000338. The highest BCUT2D eigenvalue weighted by Crippen LogP contribution is 2.14. The Hall–Kier alpha value is -1.45. The van der Waals surface area contributed by atoms with E-state index >= 15 is 0 Å². The van der Waals surface area contributed by atoms with Crippen LogP contribution < -0.4 is 15.4 Å². The number of carbonyl (C=O) groups excluding carboxylic acids is 1. The summed E-state index contributed by atoms with van der Waals surface area (Å²) in [4.78, 5) is 13.2. The molecule has 0 bridgehead atoms. The quantitative estimate of drug-likeness (QED) is 0.518. The molecular weight excluding hydrogens is 394 g/mol. The predicted molar refractivity (Wildman–Crippen MR) is 108 cm³/mol. The van der Waals surface area contributed by atoms with E-state index in [9.17, 15) is 13.2 Å². The molecule has 1 heterocycles. The zero-order chi connectivity index (χ0) is 18.1. The number of halogens is 1. The molecule has 26 heavy (non-hydrogen) atoms. The Morgan fingerprint density at radius 1 is 1.12 bits per heavy atom. The van der Waals surface area contributed by atoms with Crippen LogP contribution in [-0.4, -0.2) is 34.0 Å². The molecule has 0 spiro atoms. The molecule has 0 aliphatic heterocycles. The van der Waals surface area contributed by atoms with Gasteiger partial charge in [0.2, 0.25) is 10.0 Å². The molecule has 2 aromatic rings. The van der Waals surface area contributed by atoms with Gasteiger partial charge in [-0.1, -0.05) is 19.1 Å². The third-order valence-corrected chi connectivity index (χ3v) is 5.71. The highest BCUT2D eigenvalue weighted by molar-refractivity contribution is 7.89. The third-order valence-electron chi connectivity index (χ3n) is 3.44. The molecule has 0 aliphatic rings. The lowest BCUT2D eigenvalue weighted by Crippen LogP contribution is -2.32. The van der Waals surface area contributed by atoms with Crippen LogP contribution in [0, 0.1) is 0 Å². The number of hydrogen-bond acceptors (Lipinski definition) is 5. The molecule has 0 fully saturated rings. The number of hydrogen-bond donors (Lipinski definition) is 3. The maximum absolute atomic E-state index is 12.4. The molecule has 0 saturated heterocycles. The smallest absolute Gasteiger partial charge is 0.251 e. The first-order valence-corrected chi connectivity index (χ1v) is 10.5. The third kappa shape index (κ3) is 7.05. The zero-order valence-electron chi connectivity index (χ0n) is 14.5. The van der Waals surface area contributed by atoms with Crippen molar-refractivity contribution >= 4 is 39.7 Å². The predicted octanol–water partition coefficient (Wildman–Crippen LogP) is 2.38. The summed E-state index contributed by atoms with van der Waals surface area (Å²) in [6.07, 6.45) is 1.03. The van der Waals surface area contributed by atoms with Crippen LogP contribution in [0.1, 0.15) is 28.6 Å². The van der Waals surface area contributed by atoms with E-state index in [-0.39, 0.29) is 29.8 Å². The first-order valence-electron chi connectivity index (χ1n) is 8.14. The second-order valence-corrected chi connectivity index (χ2v) is 8.24. The molecule has 1 aromatic heterocycles. The molecule has 144 valence electrons. The lowest BCUT2D eigenvalue weighted by molar-refractivity contribution is 0.0953. The van der Waals surface area contributed by atoms with Crippen LogP contribution in [0.2, 0.25) is 0 Å². The average molecular weight is 418 g/mol. The molecule has 1 amide bonds. The largest absolute Gasteiger partial charge is 0.351 e. The van der Waals surface area contributed by atoms with Crippen molar-refractivity contribution in [3.63, 3.8) is 0 Å². The van der Waals surface area contributed by atoms with Crippen molar-refractivity contribution in [3.05, 3.63) is 52.2 Å². The topological polar surface area (TPSA) is 87.3 Å². The van der Waals surface area contributed by atoms with Crippen LogP contribution >= 0.6 is 23.7 Å². The van der Waals surface area contributed by atoms with Crippen molar-refractivity contribution in [2.45, 2.75) is 24.8 Å². The van der Waals surface area contributed by atoms with E-state index in [1.54, 1.807) is 12.1 Å². The van der Waals surface area contributed by atoms with E-state index in [1.165, 1.54) is 23.5 Å². The minimum Gasteiger partial charge on any atom is -0.351 e. The van der Waals surface area contributed by atoms with E-state index in [2.05, 4.69) is 22.3 Å². The van der Waals surface area contributed by atoms with Gasteiger partial charge < -0.3 is 10.6 Å². The van der Waals surface area contributed by atoms with E-state index in [0.717, 1.165) is 17.8 Å². The van der Waals surface area contributed by atoms with Crippen LogP contribution in [0.15, 0.2) is 46.7 Å². The van der Waals surface area contributed by atoms with Crippen LogP contribution in [0.25, 0.3) is 0 Å². The van der Waals surface area contributed by atoms with Crippen molar-refractivity contribution in [3.8, 4) is 0 Å². The van der Waals surface area contributed by atoms with E-state index in [4.69, 9.17) is 0 Å². The summed E-state index contributed by atoms with van der Waals surface area (Å²) in [6.45, 7) is 4.38. The first kappa shape index (κ1) is 22.6. The van der Waals surface area contributed by atoms with E-state index in [0.29, 0.717) is 18.7 Å². The van der Waals surface area contributed by atoms with Gasteiger partial charge in [-0.25, -0.2) is 13.1 Å². The number of carbonyl (C=O) groups is 1. The van der Waals surface area contributed by atoms with Crippen molar-refractivity contribution in [1.82, 2.24) is 15.4 Å². The first-order chi connectivity index (χ1) is 12.0. The molecule has 2 rings (SSSR count). The van der Waals surface area contributed by atoms with E-state index < -0.39 is 10.0 Å². The fraction of sp³-hybridized carbons (Fsp3) is 0.353. The van der Waals surface area contributed by atoms with Gasteiger partial charge in [0, 0.05) is 30.1 Å². The maximum atomic E-state index is 12.4. The van der Waals surface area contributed by atoms with Gasteiger partial charge in [-0.05, 0) is 42.6 Å². The Labute approximate surface area is 164 Å². The molecular formula is C17H24ClN3O3S2. The minimum atomic E-state index is -3.66. The van der Waals surface area contributed by atoms with Crippen molar-refractivity contribution in [1.29, 1.82) is 0 Å². The van der Waals surface area contributed by atoms with E-state index in [1.807, 2.05) is 17.5 Å². The molecule has 3 N–H and O–H groups in total. The summed E-state index contributed by atoms with van der Waals surface area (Å²) in [6, 6.07) is 9.79. The lowest BCUT2D eigenvalue weighted by Gasteiger charge is -2.09. The number of amides is 1. The number of thiophene rings is 1. The van der Waals surface area contributed by atoms with Gasteiger partial charge in [0.25, 0.3) is 5.91 Å². The number of benzene rings is 1. The van der Waals surface area contributed by atoms with Crippen LogP contribution in [0.3, 0.4) is 0 Å². The number of rotatable bonds is 10. The fourth-order valence-electron chi connectivity index (χ4n) is 2.14. The van der Waals surface area contributed by atoms with Gasteiger partial charge in [0.1, 0.15) is 0 Å². The molecule has 0 saturated carbocycles. The minimum absolute atomic E-state index is 0. The molecule has 6 nitrogen and oxygen atoms in total. The molecule has 1 aromatic carbocycles. The Morgan fingerprint density at radius 3 is 2.62 bits per heavy atom. The van der Waals surface area contributed by atoms with Gasteiger partial charge >= 0.3 is 0 Å². The van der Waals surface area contributed by atoms with Crippen LogP contribution in [-0.2, 0) is 16.6 Å². The Morgan fingerprint density at radius 2 is 1.92 bits per heavy atom. The summed E-state index contributed by atoms with van der Waals surface area (Å²) in [5.41, 5.74) is 0.328. The van der Waals surface area contributed by atoms with Gasteiger partial charge in [0.15, 0.2) is 0 Å². The van der Waals surface area contributed by atoms with Crippen LogP contribution in [0.5, 0.6) is 0 Å². The summed E-state index contributed by atoms with van der Waals surface area (Å²) >= 11 is 1.48. The monoisotopic (exact) mass is 417 g/mol. The van der Waals surface area contributed by atoms with Gasteiger partial charge in [-0.15, -0.1) is 23.7 Å². The highest BCUT2D eigenvalue weighted by Gasteiger charge is 2.16. The molecule has 0 radical (unpaired) electrons. The zero-order valence-corrected chi connectivity index (χ0v) is 17.0. The highest BCUT2D eigenvalue weighted by atomic mass is 35.5. The molecule has 0 unspecified atom stereocenters. The second-order valence-electron chi connectivity index (χ2n) is 5.44. The average Bonchev–Trinajstić information content (AvgIpc) is 3.13. The normalized spacial score (nSPS) is 11.0. The Bertz CT molecular complexity index is 780. The van der Waals surface area contributed by atoms with Crippen molar-refractivity contribution in [2.75, 3.05) is 19.6 Å². The molecule has 0 aliphatic carbocycles. The fourth-order valence-corrected chi connectivity index (χ4v) is 3.92. The van der Waals surface area contributed by atoms with Crippen molar-refractivity contribution in [2.24, 2.45) is 0 Å². The summed E-state index contributed by atoms with van der Waals surface area (Å²) in [5, 5.41) is 7.86. The standard InChI is InChI=1S/C17H23N3O3S2.ClH/c1-2-8-18-9-10-19-17(21)14-5-3-7-16(12-14)25(22,23)20-13-15-6-4-11-24-15;/h3-7,11-12,18,20H,2,8-10,13H2,1H3,(H,19,21);1H. The van der Waals surface area contributed by atoms with Gasteiger partial charge in [-0.3, -0.25) is 4.79 Å². The Kier molecular flexibility index (Phi) is 9.82. The summed E-state index contributed by atoms with van der Waals surface area (Å²) in [5.74, 6) is -0.284. The molecule has 9 heteroatoms. The van der Waals surface area contributed by atoms with Gasteiger partial charge in [-0.2, -0.15) is 0 Å².